The molecule has 0 heterocycles. The monoisotopic (exact) mass is 266 g/mol. The minimum absolute atomic E-state index is 0.00471. The van der Waals surface area contributed by atoms with Crippen LogP contribution in [0.25, 0.3) is 0 Å². The lowest BCUT2D eigenvalue weighted by atomic mass is 10.1. The van der Waals surface area contributed by atoms with E-state index in [1.807, 2.05) is 6.92 Å². The number of benzene rings is 1. The molecule has 1 aromatic rings. The number of carbonyl (C=O) groups excluding carboxylic acids is 1. The van der Waals surface area contributed by atoms with Gasteiger partial charge in [-0.1, -0.05) is 19.1 Å². The summed E-state index contributed by atoms with van der Waals surface area (Å²) in [5, 5.41) is 6.07. The first-order valence-corrected chi connectivity index (χ1v) is 6.78. The number of amides is 1. The van der Waals surface area contributed by atoms with Gasteiger partial charge in [0.1, 0.15) is 5.82 Å². The van der Waals surface area contributed by atoms with E-state index in [9.17, 15) is 9.18 Å². The van der Waals surface area contributed by atoms with Crippen molar-refractivity contribution in [3.8, 4) is 0 Å². The molecule has 0 aliphatic carbocycles. The van der Waals surface area contributed by atoms with Crippen molar-refractivity contribution in [1.82, 2.24) is 10.6 Å². The second-order valence-corrected chi connectivity index (χ2v) is 4.99. The molecule has 0 aromatic heterocycles. The molecular formula is C15H23FN2O. The summed E-state index contributed by atoms with van der Waals surface area (Å²) in [5.41, 5.74) is 1.02. The Kier molecular flexibility index (Phi) is 6.50. The highest BCUT2D eigenvalue weighted by atomic mass is 19.1. The van der Waals surface area contributed by atoms with Crippen molar-refractivity contribution in [3.63, 3.8) is 0 Å². The van der Waals surface area contributed by atoms with Gasteiger partial charge in [-0.15, -0.1) is 0 Å². The molecular weight excluding hydrogens is 243 g/mol. The Morgan fingerprint density at radius 3 is 2.42 bits per heavy atom. The molecule has 2 atom stereocenters. The molecule has 0 radical (unpaired) electrons. The van der Waals surface area contributed by atoms with E-state index in [0.29, 0.717) is 19.0 Å². The first-order chi connectivity index (χ1) is 9.01. The fourth-order valence-electron chi connectivity index (χ4n) is 1.76. The van der Waals surface area contributed by atoms with E-state index in [1.54, 1.807) is 12.1 Å². The average molecular weight is 266 g/mol. The van der Waals surface area contributed by atoms with Crippen LogP contribution < -0.4 is 10.6 Å². The smallest absolute Gasteiger partial charge is 0.234 e. The van der Waals surface area contributed by atoms with Crippen LogP contribution in [0.4, 0.5) is 4.39 Å². The van der Waals surface area contributed by atoms with Gasteiger partial charge in [-0.05, 0) is 44.4 Å². The summed E-state index contributed by atoms with van der Waals surface area (Å²) in [6, 6.07) is 6.75. The molecule has 106 valence electrons. The van der Waals surface area contributed by atoms with Crippen LogP contribution >= 0.6 is 0 Å². The van der Waals surface area contributed by atoms with Crippen molar-refractivity contribution in [2.45, 2.75) is 45.7 Å². The minimum atomic E-state index is -0.238. The summed E-state index contributed by atoms with van der Waals surface area (Å²) in [6.07, 6.45) is 1.70. The molecule has 0 aliphatic heterocycles. The molecule has 0 aliphatic rings. The third-order valence-corrected chi connectivity index (χ3v) is 3.09. The molecule has 0 saturated carbocycles. The van der Waals surface area contributed by atoms with Crippen LogP contribution in [-0.4, -0.2) is 24.5 Å². The summed E-state index contributed by atoms with van der Waals surface area (Å²) >= 11 is 0. The Bertz CT molecular complexity index is 392. The molecule has 1 aromatic carbocycles. The summed E-state index contributed by atoms with van der Waals surface area (Å²) in [5.74, 6) is -0.242. The second kappa shape index (κ2) is 7.89. The normalized spacial score (nSPS) is 13.9. The minimum Gasteiger partial charge on any atom is -0.352 e. The fraction of sp³-hybridized carbons (Fsp3) is 0.533. The third kappa shape index (κ3) is 6.34. The van der Waals surface area contributed by atoms with Crippen molar-refractivity contribution in [1.29, 1.82) is 0 Å². The van der Waals surface area contributed by atoms with Crippen molar-refractivity contribution in [3.05, 3.63) is 35.6 Å². The topological polar surface area (TPSA) is 41.1 Å². The summed E-state index contributed by atoms with van der Waals surface area (Å²) in [6.45, 7) is 6.41. The Morgan fingerprint density at radius 1 is 1.21 bits per heavy atom. The van der Waals surface area contributed by atoms with Crippen LogP contribution in [0.15, 0.2) is 24.3 Å². The van der Waals surface area contributed by atoms with Crippen LogP contribution in [0.5, 0.6) is 0 Å². The largest absolute Gasteiger partial charge is 0.352 e. The molecule has 19 heavy (non-hydrogen) atoms. The lowest BCUT2D eigenvalue weighted by Gasteiger charge is -2.16. The number of hydrogen-bond acceptors (Lipinski definition) is 2. The summed E-state index contributed by atoms with van der Waals surface area (Å²) < 4.78 is 12.8. The molecule has 3 nitrogen and oxygen atoms in total. The van der Waals surface area contributed by atoms with E-state index in [-0.39, 0.29) is 17.8 Å². The molecule has 2 unspecified atom stereocenters. The third-order valence-electron chi connectivity index (χ3n) is 3.09. The standard InChI is InChI=1S/C15H23FN2O/c1-4-11(2)17-10-15(19)18-12(3)9-13-5-7-14(16)8-6-13/h5-8,11-12,17H,4,9-10H2,1-3H3,(H,18,19). The molecule has 0 bridgehead atoms. The SMILES string of the molecule is CCC(C)NCC(=O)NC(C)Cc1ccc(F)cc1. The van der Waals surface area contributed by atoms with E-state index in [4.69, 9.17) is 0 Å². The van der Waals surface area contributed by atoms with Gasteiger partial charge in [0.15, 0.2) is 0 Å². The number of nitrogens with one attached hydrogen (secondary N) is 2. The van der Waals surface area contributed by atoms with E-state index >= 15 is 0 Å². The highest BCUT2D eigenvalue weighted by Crippen LogP contribution is 2.05. The van der Waals surface area contributed by atoms with Crippen LogP contribution in [0, 0.1) is 5.82 Å². The Balaban J connectivity index is 2.32. The Morgan fingerprint density at radius 2 is 1.84 bits per heavy atom. The van der Waals surface area contributed by atoms with Gasteiger partial charge < -0.3 is 10.6 Å². The van der Waals surface area contributed by atoms with E-state index in [1.165, 1.54) is 12.1 Å². The molecule has 0 spiro atoms. The molecule has 4 heteroatoms. The van der Waals surface area contributed by atoms with Gasteiger partial charge in [0.05, 0.1) is 6.54 Å². The lowest BCUT2D eigenvalue weighted by molar-refractivity contribution is -0.120. The predicted octanol–water partition coefficient (Wildman–Crippen LogP) is 2.26. The maximum atomic E-state index is 12.8. The molecule has 0 fully saturated rings. The van der Waals surface area contributed by atoms with Gasteiger partial charge in [0.2, 0.25) is 5.91 Å². The first-order valence-electron chi connectivity index (χ1n) is 6.78. The van der Waals surface area contributed by atoms with E-state index in [0.717, 1.165) is 12.0 Å². The quantitative estimate of drug-likeness (QED) is 0.795. The van der Waals surface area contributed by atoms with Gasteiger partial charge in [-0.25, -0.2) is 4.39 Å². The second-order valence-electron chi connectivity index (χ2n) is 4.99. The maximum absolute atomic E-state index is 12.8. The van der Waals surface area contributed by atoms with Gasteiger partial charge in [-0.3, -0.25) is 4.79 Å². The van der Waals surface area contributed by atoms with Crippen molar-refractivity contribution < 1.29 is 9.18 Å². The van der Waals surface area contributed by atoms with Gasteiger partial charge >= 0.3 is 0 Å². The van der Waals surface area contributed by atoms with Crippen molar-refractivity contribution in [2.75, 3.05) is 6.54 Å². The van der Waals surface area contributed by atoms with E-state index < -0.39 is 0 Å². The highest BCUT2D eigenvalue weighted by molar-refractivity contribution is 5.78. The average Bonchev–Trinajstić information content (AvgIpc) is 2.38. The van der Waals surface area contributed by atoms with Crippen molar-refractivity contribution in [2.24, 2.45) is 0 Å². The molecule has 1 amide bonds. The van der Waals surface area contributed by atoms with Gasteiger partial charge in [-0.2, -0.15) is 0 Å². The zero-order valence-electron chi connectivity index (χ0n) is 11.9. The van der Waals surface area contributed by atoms with Crippen LogP contribution in [-0.2, 0) is 11.2 Å². The first kappa shape index (κ1) is 15.6. The molecule has 2 N–H and O–H groups in total. The Labute approximate surface area is 114 Å². The lowest BCUT2D eigenvalue weighted by Crippen LogP contribution is -2.42. The van der Waals surface area contributed by atoms with Gasteiger partial charge in [0, 0.05) is 12.1 Å². The summed E-state index contributed by atoms with van der Waals surface area (Å²) in [4.78, 5) is 11.7. The Hall–Kier alpha value is -1.42. The maximum Gasteiger partial charge on any atom is 0.234 e. The van der Waals surface area contributed by atoms with Crippen LogP contribution in [0.1, 0.15) is 32.8 Å². The highest BCUT2D eigenvalue weighted by Gasteiger charge is 2.09. The zero-order valence-corrected chi connectivity index (χ0v) is 11.9. The van der Waals surface area contributed by atoms with E-state index in [2.05, 4.69) is 24.5 Å². The number of hydrogen-bond donors (Lipinski definition) is 2. The van der Waals surface area contributed by atoms with Crippen LogP contribution in [0.3, 0.4) is 0 Å². The number of carbonyl (C=O) groups is 1. The number of rotatable bonds is 7. The van der Waals surface area contributed by atoms with Crippen LogP contribution in [0.2, 0.25) is 0 Å². The van der Waals surface area contributed by atoms with Gasteiger partial charge in [0.25, 0.3) is 0 Å². The molecule has 0 saturated heterocycles. The predicted molar refractivity (Wildman–Crippen MR) is 75.5 cm³/mol. The molecule has 1 rings (SSSR count). The number of halogens is 1. The zero-order chi connectivity index (χ0) is 14.3. The summed E-state index contributed by atoms with van der Waals surface area (Å²) in [7, 11) is 0. The van der Waals surface area contributed by atoms with Crippen molar-refractivity contribution >= 4 is 5.91 Å². The fourth-order valence-corrected chi connectivity index (χ4v) is 1.76.